The fraction of sp³-hybridized carbons (Fsp3) is 0.583. The molecule has 6 nitrogen and oxygen atoms in total. The molecule has 1 amide bonds. The summed E-state index contributed by atoms with van der Waals surface area (Å²) in [6.45, 7) is 6.34. The van der Waals surface area contributed by atoms with Crippen molar-refractivity contribution in [2.24, 2.45) is 0 Å². The lowest BCUT2D eigenvalue weighted by Crippen LogP contribution is -2.37. The number of likely N-dealkylation sites (N-methyl/N-ethyl adjacent to an activating group) is 1. The standard InChI is InChI=1S/C12H21N5O/c1-4-6-9-10(13)15-7-16-11(9)17-8(3)12(18)14-5-2/h7-8H,4-6H2,1-3H3,(H,14,18)(H3,13,15,16,17). The number of rotatable bonds is 6. The number of nitrogens with zero attached hydrogens (tertiary/aromatic N) is 2. The van der Waals surface area contributed by atoms with Crippen molar-refractivity contribution in [3.63, 3.8) is 0 Å². The average molecular weight is 251 g/mol. The Labute approximate surface area is 107 Å². The fourth-order valence-electron chi connectivity index (χ4n) is 1.64. The van der Waals surface area contributed by atoms with Gasteiger partial charge in [0.2, 0.25) is 5.91 Å². The van der Waals surface area contributed by atoms with E-state index in [4.69, 9.17) is 5.73 Å². The third kappa shape index (κ3) is 3.58. The molecule has 1 rings (SSSR count). The van der Waals surface area contributed by atoms with Crippen LogP contribution in [0.4, 0.5) is 11.6 Å². The summed E-state index contributed by atoms with van der Waals surface area (Å²) in [5, 5.41) is 5.83. The van der Waals surface area contributed by atoms with Crippen molar-refractivity contribution in [1.82, 2.24) is 15.3 Å². The van der Waals surface area contributed by atoms with Crippen LogP contribution in [0.25, 0.3) is 0 Å². The molecule has 0 bridgehead atoms. The normalized spacial score (nSPS) is 11.9. The zero-order valence-electron chi connectivity index (χ0n) is 11.2. The topological polar surface area (TPSA) is 92.9 Å². The van der Waals surface area contributed by atoms with Crippen LogP contribution in [0.1, 0.15) is 32.8 Å². The van der Waals surface area contributed by atoms with Gasteiger partial charge in [0.05, 0.1) is 0 Å². The van der Waals surface area contributed by atoms with E-state index in [0.717, 1.165) is 18.4 Å². The highest BCUT2D eigenvalue weighted by atomic mass is 16.2. The summed E-state index contributed by atoms with van der Waals surface area (Å²) in [6, 6.07) is -0.352. The summed E-state index contributed by atoms with van der Waals surface area (Å²) in [4.78, 5) is 19.8. The number of amides is 1. The number of anilines is 2. The summed E-state index contributed by atoms with van der Waals surface area (Å²) in [6.07, 6.45) is 3.14. The average Bonchev–Trinajstić information content (AvgIpc) is 2.34. The molecular formula is C12H21N5O. The molecule has 100 valence electrons. The molecule has 0 spiro atoms. The molecule has 1 unspecified atom stereocenters. The second-order valence-electron chi connectivity index (χ2n) is 4.10. The third-order valence-corrected chi connectivity index (χ3v) is 2.58. The number of aromatic nitrogens is 2. The van der Waals surface area contributed by atoms with Crippen LogP contribution in [0.5, 0.6) is 0 Å². The van der Waals surface area contributed by atoms with Gasteiger partial charge in [0.25, 0.3) is 0 Å². The van der Waals surface area contributed by atoms with Crippen LogP contribution in [-0.4, -0.2) is 28.5 Å². The minimum Gasteiger partial charge on any atom is -0.383 e. The first kappa shape index (κ1) is 14.2. The van der Waals surface area contributed by atoms with Gasteiger partial charge >= 0.3 is 0 Å². The Morgan fingerprint density at radius 1 is 1.44 bits per heavy atom. The van der Waals surface area contributed by atoms with Crippen molar-refractivity contribution in [3.8, 4) is 0 Å². The SMILES string of the molecule is CCCc1c(N)ncnc1NC(C)C(=O)NCC. The van der Waals surface area contributed by atoms with Crippen molar-refractivity contribution >= 4 is 17.5 Å². The summed E-state index contributed by atoms with van der Waals surface area (Å²) in [7, 11) is 0. The maximum absolute atomic E-state index is 11.7. The van der Waals surface area contributed by atoms with Crippen LogP contribution < -0.4 is 16.4 Å². The van der Waals surface area contributed by atoms with Gasteiger partial charge < -0.3 is 16.4 Å². The number of hydrogen-bond acceptors (Lipinski definition) is 5. The molecule has 4 N–H and O–H groups in total. The Morgan fingerprint density at radius 2 is 2.17 bits per heavy atom. The van der Waals surface area contributed by atoms with Crippen LogP contribution in [0.3, 0.4) is 0 Å². The molecule has 0 aliphatic rings. The highest BCUT2D eigenvalue weighted by Gasteiger charge is 2.15. The molecule has 0 fully saturated rings. The van der Waals surface area contributed by atoms with Crippen LogP contribution >= 0.6 is 0 Å². The predicted octanol–water partition coefficient (Wildman–Crippen LogP) is 0.948. The number of carbonyl (C=O) groups is 1. The van der Waals surface area contributed by atoms with Gasteiger partial charge in [-0.1, -0.05) is 13.3 Å². The Balaban J connectivity index is 2.83. The Kier molecular flexibility index (Phi) is 5.35. The fourth-order valence-corrected chi connectivity index (χ4v) is 1.64. The monoisotopic (exact) mass is 251 g/mol. The van der Waals surface area contributed by atoms with Crippen molar-refractivity contribution < 1.29 is 4.79 Å². The van der Waals surface area contributed by atoms with Crippen molar-refractivity contribution in [1.29, 1.82) is 0 Å². The summed E-state index contributed by atoms with van der Waals surface area (Å²) >= 11 is 0. The third-order valence-electron chi connectivity index (χ3n) is 2.58. The number of hydrogen-bond donors (Lipinski definition) is 3. The molecule has 0 radical (unpaired) electrons. The highest BCUT2D eigenvalue weighted by molar-refractivity contribution is 5.84. The quantitative estimate of drug-likeness (QED) is 0.700. The van der Waals surface area contributed by atoms with E-state index < -0.39 is 0 Å². The summed E-state index contributed by atoms with van der Waals surface area (Å²) in [5.74, 6) is 1.05. The number of nitrogen functional groups attached to an aromatic ring is 1. The van der Waals surface area contributed by atoms with Gasteiger partial charge in [-0.05, 0) is 20.3 Å². The van der Waals surface area contributed by atoms with Crippen LogP contribution in [0.15, 0.2) is 6.33 Å². The number of nitrogens with two attached hydrogens (primary N) is 1. The van der Waals surface area contributed by atoms with E-state index in [0.29, 0.717) is 18.2 Å². The first-order valence-corrected chi connectivity index (χ1v) is 6.23. The van der Waals surface area contributed by atoms with Gasteiger partial charge in [-0.3, -0.25) is 4.79 Å². The molecule has 0 saturated carbocycles. The van der Waals surface area contributed by atoms with Crippen molar-refractivity contribution in [3.05, 3.63) is 11.9 Å². The molecule has 1 atom stereocenters. The molecule has 0 saturated heterocycles. The highest BCUT2D eigenvalue weighted by Crippen LogP contribution is 2.19. The second kappa shape index (κ2) is 6.78. The van der Waals surface area contributed by atoms with Gasteiger partial charge in [0, 0.05) is 12.1 Å². The van der Waals surface area contributed by atoms with E-state index in [1.807, 2.05) is 6.92 Å². The van der Waals surface area contributed by atoms with Gasteiger partial charge in [-0.2, -0.15) is 0 Å². The van der Waals surface area contributed by atoms with Crippen LogP contribution in [-0.2, 0) is 11.2 Å². The minimum atomic E-state index is -0.352. The first-order valence-electron chi connectivity index (χ1n) is 6.23. The zero-order valence-corrected chi connectivity index (χ0v) is 11.2. The lowest BCUT2D eigenvalue weighted by atomic mass is 10.1. The van der Waals surface area contributed by atoms with Crippen LogP contribution in [0, 0.1) is 0 Å². The number of nitrogens with one attached hydrogen (secondary N) is 2. The van der Waals surface area contributed by atoms with Gasteiger partial charge in [-0.15, -0.1) is 0 Å². The van der Waals surface area contributed by atoms with Crippen molar-refractivity contribution in [2.45, 2.75) is 39.7 Å². The summed E-state index contributed by atoms with van der Waals surface area (Å²) < 4.78 is 0. The molecule has 1 aromatic heterocycles. The van der Waals surface area contributed by atoms with E-state index in [1.54, 1.807) is 6.92 Å². The van der Waals surface area contributed by atoms with E-state index in [-0.39, 0.29) is 11.9 Å². The molecule has 6 heteroatoms. The Hall–Kier alpha value is -1.85. The van der Waals surface area contributed by atoms with E-state index in [2.05, 4.69) is 27.5 Å². The second-order valence-corrected chi connectivity index (χ2v) is 4.10. The maximum Gasteiger partial charge on any atom is 0.242 e. The zero-order chi connectivity index (χ0) is 13.5. The van der Waals surface area contributed by atoms with E-state index >= 15 is 0 Å². The van der Waals surface area contributed by atoms with Gasteiger partial charge in [0.15, 0.2) is 0 Å². The lowest BCUT2D eigenvalue weighted by Gasteiger charge is -2.16. The van der Waals surface area contributed by atoms with Crippen LogP contribution in [0.2, 0.25) is 0 Å². The molecular weight excluding hydrogens is 230 g/mol. The number of carbonyl (C=O) groups excluding carboxylic acids is 1. The van der Waals surface area contributed by atoms with E-state index in [9.17, 15) is 4.79 Å². The van der Waals surface area contributed by atoms with Gasteiger partial charge in [0.1, 0.15) is 24.0 Å². The van der Waals surface area contributed by atoms with Crippen molar-refractivity contribution in [2.75, 3.05) is 17.6 Å². The molecule has 18 heavy (non-hydrogen) atoms. The Morgan fingerprint density at radius 3 is 2.78 bits per heavy atom. The summed E-state index contributed by atoms with van der Waals surface area (Å²) in [5.41, 5.74) is 6.70. The van der Waals surface area contributed by atoms with E-state index in [1.165, 1.54) is 6.33 Å². The molecule has 0 aliphatic carbocycles. The molecule has 0 aliphatic heterocycles. The lowest BCUT2D eigenvalue weighted by molar-refractivity contribution is -0.121. The minimum absolute atomic E-state index is 0.0582. The predicted molar refractivity (Wildman–Crippen MR) is 72.2 cm³/mol. The molecule has 1 aromatic rings. The molecule has 0 aromatic carbocycles. The largest absolute Gasteiger partial charge is 0.383 e. The van der Waals surface area contributed by atoms with Gasteiger partial charge in [-0.25, -0.2) is 9.97 Å². The Bertz CT molecular complexity index is 407. The maximum atomic E-state index is 11.7. The molecule has 1 heterocycles. The smallest absolute Gasteiger partial charge is 0.242 e. The first-order chi connectivity index (χ1) is 8.60.